The molecular formula is C14H22N4O3. The van der Waals surface area contributed by atoms with Gasteiger partial charge in [-0.15, -0.1) is 0 Å². The molecule has 2 heterocycles. The first-order chi connectivity index (χ1) is 10.1. The van der Waals surface area contributed by atoms with Crippen molar-refractivity contribution in [3.63, 3.8) is 0 Å². The number of carbonyl (C=O) groups is 2. The zero-order chi connectivity index (χ0) is 15.2. The smallest absolute Gasteiger partial charge is 0.326 e. The van der Waals surface area contributed by atoms with Gasteiger partial charge in [0.15, 0.2) is 0 Å². The lowest BCUT2D eigenvalue weighted by atomic mass is 10.1. The molecule has 1 aromatic heterocycles. The Hall–Kier alpha value is -2.05. The quantitative estimate of drug-likeness (QED) is 0.867. The second-order valence-corrected chi connectivity index (χ2v) is 5.36. The Labute approximate surface area is 123 Å². The standard InChI is InChI=1S/C14H22N4O3/c1-17-10-7-11(16-17)6-8-15-14(21)18-9-4-2-3-5-12(18)13(19)20/h7,10,12H,2-6,8-9H2,1H3,(H,15,21)(H,19,20). The van der Waals surface area contributed by atoms with E-state index in [1.165, 1.54) is 4.90 Å². The normalized spacial score (nSPS) is 19.1. The van der Waals surface area contributed by atoms with Crippen molar-refractivity contribution < 1.29 is 14.7 Å². The van der Waals surface area contributed by atoms with Crippen LogP contribution in [-0.2, 0) is 18.3 Å². The summed E-state index contributed by atoms with van der Waals surface area (Å²) < 4.78 is 1.71. The predicted molar refractivity (Wildman–Crippen MR) is 76.9 cm³/mol. The Morgan fingerprint density at radius 3 is 2.90 bits per heavy atom. The molecule has 2 rings (SSSR count). The average Bonchev–Trinajstić information content (AvgIpc) is 2.72. The van der Waals surface area contributed by atoms with Crippen LogP contribution in [0.4, 0.5) is 4.79 Å². The average molecular weight is 294 g/mol. The van der Waals surface area contributed by atoms with E-state index in [0.29, 0.717) is 25.9 Å². The molecule has 0 saturated carbocycles. The van der Waals surface area contributed by atoms with Crippen LogP contribution in [-0.4, -0.2) is 50.9 Å². The fourth-order valence-electron chi connectivity index (χ4n) is 2.60. The molecule has 0 spiro atoms. The summed E-state index contributed by atoms with van der Waals surface area (Å²) in [6, 6.07) is 0.903. The highest BCUT2D eigenvalue weighted by molar-refractivity contribution is 5.82. The van der Waals surface area contributed by atoms with Crippen molar-refractivity contribution in [1.82, 2.24) is 20.0 Å². The second-order valence-electron chi connectivity index (χ2n) is 5.36. The maximum Gasteiger partial charge on any atom is 0.326 e. The number of aromatic nitrogens is 2. The Kier molecular flexibility index (Phi) is 5.19. The molecule has 0 bridgehead atoms. The minimum Gasteiger partial charge on any atom is -0.480 e. The van der Waals surface area contributed by atoms with Crippen LogP contribution < -0.4 is 5.32 Å². The van der Waals surface area contributed by atoms with Gasteiger partial charge in [-0.1, -0.05) is 12.8 Å². The number of aliphatic carboxylic acids is 1. The van der Waals surface area contributed by atoms with Gasteiger partial charge in [-0.05, 0) is 18.9 Å². The Morgan fingerprint density at radius 1 is 1.43 bits per heavy atom. The van der Waals surface area contributed by atoms with Gasteiger partial charge in [-0.2, -0.15) is 5.10 Å². The molecule has 7 heteroatoms. The summed E-state index contributed by atoms with van der Waals surface area (Å²) in [4.78, 5) is 24.9. The van der Waals surface area contributed by atoms with Crippen LogP contribution in [0.1, 0.15) is 31.4 Å². The molecule has 116 valence electrons. The second kappa shape index (κ2) is 7.10. The molecule has 21 heavy (non-hydrogen) atoms. The van der Waals surface area contributed by atoms with Crippen LogP contribution in [0.25, 0.3) is 0 Å². The third-order valence-electron chi connectivity index (χ3n) is 3.72. The van der Waals surface area contributed by atoms with Crippen molar-refractivity contribution in [2.75, 3.05) is 13.1 Å². The maximum atomic E-state index is 12.2. The van der Waals surface area contributed by atoms with E-state index in [1.54, 1.807) is 4.68 Å². The molecule has 0 aliphatic carbocycles. The molecule has 1 aliphatic rings. The fourth-order valence-corrected chi connectivity index (χ4v) is 2.60. The molecule has 1 atom stereocenters. The van der Waals surface area contributed by atoms with Crippen molar-refractivity contribution in [3.05, 3.63) is 18.0 Å². The van der Waals surface area contributed by atoms with Gasteiger partial charge in [0.05, 0.1) is 5.69 Å². The summed E-state index contributed by atoms with van der Waals surface area (Å²) in [7, 11) is 1.84. The summed E-state index contributed by atoms with van der Waals surface area (Å²) in [5.74, 6) is -0.920. The molecule has 1 aromatic rings. The highest BCUT2D eigenvalue weighted by Crippen LogP contribution is 2.17. The summed E-state index contributed by atoms with van der Waals surface area (Å²) in [6.45, 7) is 0.963. The first-order valence-corrected chi connectivity index (χ1v) is 7.33. The van der Waals surface area contributed by atoms with Crippen LogP contribution >= 0.6 is 0 Å². The van der Waals surface area contributed by atoms with Gasteiger partial charge >= 0.3 is 12.0 Å². The molecule has 2 amide bonds. The van der Waals surface area contributed by atoms with Crippen molar-refractivity contribution >= 4 is 12.0 Å². The number of rotatable bonds is 4. The molecule has 1 aliphatic heterocycles. The molecule has 7 nitrogen and oxygen atoms in total. The maximum absolute atomic E-state index is 12.2. The number of carbonyl (C=O) groups excluding carboxylic acids is 1. The minimum absolute atomic E-state index is 0.291. The number of amides is 2. The van der Waals surface area contributed by atoms with Crippen LogP contribution in [0.2, 0.25) is 0 Å². The molecule has 0 aromatic carbocycles. The van der Waals surface area contributed by atoms with Gasteiger partial charge in [0.25, 0.3) is 0 Å². The van der Waals surface area contributed by atoms with E-state index in [9.17, 15) is 14.7 Å². The zero-order valence-electron chi connectivity index (χ0n) is 12.3. The number of urea groups is 1. The topological polar surface area (TPSA) is 87.5 Å². The lowest BCUT2D eigenvalue weighted by Gasteiger charge is -2.27. The van der Waals surface area contributed by atoms with Gasteiger partial charge in [0, 0.05) is 32.8 Å². The number of hydrogen-bond acceptors (Lipinski definition) is 3. The highest BCUT2D eigenvalue weighted by atomic mass is 16.4. The van der Waals surface area contributed by atoms with Gasteiger partial charge < -0.3 is 15.3 Å². The Balaban J connectivity index is 1.86. The summed E-state index contributed by atoms with van der Waals surface area (Å²) in [6.07, 6.45) is 5.71. The van der Waals surface area contributed by atoms with E-state index >= 15 is 0 Å². The lowest BCUT2D eigenvalue weighted by Crippen LogP contribution is -2.49. The molecule has 0 radical (unpaired) electrons. The van der Waals surface area contributed by atoms with Crippen molar-refractivity contribution in [2.45, 2.75) is 38.1 Å². The first kappa shape index (κ1) is 15.3. The van der Waals surface area contributed by atoms with Crippen LogP contribution in [0.5, 0.6) is 0 Å². The largest absolute Gasteiger partial charge is 0.480 e. The summed E-state index contributed by atoms with van der Waals surface area (Å²) >= 11 is 0. The number of carboxylic acids is 1. The van der Waals surface area contributed by atoms with Crippen LogP contribution in [0.15, 0.2) is 12.3 Å². The molecule has 1 unspecified atom stereocenters. The predicted octanol–water partition coefficient (Wildman–Crippen LogP) is 1.00. The van der Waals surface area contributed by atoms with Crippen molar-refractivity contribution in [2.24, 2.45) is 7.05 Å². The van der Waals surface area contributed by atoms with Gasteiger partial charge in [-0.3, -0.25) is 4.68 Å². The number of nitrogens with zero attached hydrogens (tertiary/aromatic N) is 3. The van der Waals surface area contributed by atoms with Gasteiger partial charge in [-0.25, -0.2) is 9.59 Å². The van der Waals surface area contributed by atoms with Gasteiger partial charge in [0.1, 0.15) is 6.04 Å². The number of aryl methyl sites for hydroxylation is 1. The Bertz CT molecular complexity index is 500. The number of nitrogens with one attached hydrogen (secondary N) is 1. The van der Waals surface area contributed by atoms with E-state index in [-0.39, 0.29) is 6.03 Å². The fraction of sp³-hybridized carbons (Fsp3) is 0.643. The highest BCUT2D eigenvalue weighted by Gasteiger charge is 2.30. The third-order valence-corrected chi connectivity index (χ3v) is 3.72. The molecular weight excluding hydrogens is 272 g/mol. The number of likely N-dealkylation sites (tertiary alicyclic amines) is 1. The van der Waals surface area contributed by atoms with Crippen molar-refractivity contribution in [3.8, 4) is 0 Å². The number of carboxylic acid groups (broad SMARTS) is 1. The minimum atomic E-state index is -0.920. The van der Waals surface area contributed by atoms with E-state index in [1.807, 2.05) is 19.3 Å². The summed E-state index contributed by atoms with van der Waals surface area (Å²) in [5, 5.41) is 16.3. The SMILES string of the molecule is Cn1ccc(CCNC(=O)N2CCCCCC2C(=O)O)n1. The Morgan fingerprint density at radius 2 is 2.24 bits per heavy atom. The van der Waals surface area contributed by atoms with Crippen LogP contribution in [0.3, 0.4) is 0 Å². The molecule has 1 fully saturated rings. The molecule has 1 saturated heterocycles. The monoisotopic (exact) mass is 294 g/mol. The summed E-state index contributed by atoms with van der Waals surface area (Å²) in [5.41, 5.74) is 0.906. The van der Waals surface area contributed by atoms with E-state index in [4.69, 9.17) is 0 Å². The number of hydrogen-bond donors (Lipinski definition) is 2. The first-order valence-electron chi connectivity index (χ1n) is 7.33. The lowest BCUT2D eigenvalue weighted by molar-refractivity contribution is -0.142. The van der Waals surface area contributed by atoms with E-state index < -0.39 is 12.0 Å². The van der Waals surface area contributed by atoms with E-state index in [0.717, 1.165) is 25.0 Å². The van der Waals surface area contributed by atoms with Crippen molar-refractivity contribution in [1.29, 1.82) is 0 Å². The van der Waals surface area contributed by atoms with Gasteiger partial charge in [0.2, 0.25) is 0 Å². The molecule has 2 N–H and O–H groups in total. The zero-order valence-corrected chi connectivity index (χ0v) is 12.3. The van der Waals surface area contributed by atoms with E-state index in [2.05, 4.69) is 10.4 Å². The van der Waals surface area contributed by atoms with Crippen LogP contribution in [0, 0.1) is 0 Å². The third kappa shape index (κ3) is 4.21.